The van der Waals surface area contributed by atoms with Gasteiger partial charge in [0, 0.05) is 11.5 Å². The predicted molar refractivity (Wildman–Crippen MR) is 74.5 cm³/mol. The molecule has 1 aliphatic heterocycles. The number of benzene rings is 1. The second kappa shape index (κ2) is 4.60. The molecule has 0 fully saturated rings. The monoisotopic (exact) mass is 292 g/mol. The van der Waals surface area contributed by atoms with Crippen molar-refractivity contribution in [2.75, 3.05) is 0 Å². The lowest BCUT2D eigenvalue weighted by atomic mass is 9.78. The van der Waals surface area contributed by atoms with Crippen LogP contribution in [0.5, 0.6) is 0 Å². The lowest BCUT2D eigenvalue weighted by molar-refractivity contribution is -0.102. The minimum atomic E-state index is -0.718. The normalized spacial score (nSPS) is 20.2. The number of rotatable bonds is 2. The molecule has 2 atom stereocenters. The maximum Gasteiger partial charge on any atom is 0.165 e. The maximum absolute atomic E-state index is 11.3. The first-order valence-electron chi connectivity index (χ1n) is 6.51. The summed E-state index contributed by atoms with van der Waals surface area (Å²) < 4.78 is 4.78. The SMILES string of the molecule is N#CC1C(C=O)=Nc2[nH]ncc2C1c1cccc2nonc12. The van der Waals surface area contributed by atoms with Gasteiger partial charge in [0.25, 0.3) is 0 Å². The van der Waals surface area contributed by atoms with Gasteiger partial charge in [0.2, 0.25) is 0 Å². The van der Waals surface area contributed by atoms with E-state index in [1.165, 1.54) is 0 Å². The molecular weight excluding hydrogens is 284 g/mol. The molecule has 0 saturated heterocycles. The molecule has 0 saturated carbocycles. The number of hydrogen-bond acceptors (Lipinski definition) is 7. The summed E-state index contributed by atoms with van der Waals surface area (Å²) in [6.07, 6.45) is 2.22. The summed E-state index contributed by atoms with van der Waals surface area (Å²) in [7, 11) is 0. The zero-order valence-corrected chi connectivity index (χ0v) is 11.1. The molecule has 8 heteroatoms. The highest BCUT2D eigenvalue weighted by atomic mass is 16.6. The molecule has 1 N–H and O–H groups in total. The van der Waals surface area contributed by atoms with Crippen LogP contribution in [0, 0.1) is 17.2 Å². The van der Waals surface area contributed by atoms with Gasteiger partial charge < -0.3 is 0 Å². The molecule has 0 spiro atoms. The third-order valence-corrected chi connectivity index (χ3v) is 3.79. The molecule has 0 radical (unpaired) electrons. The van der Waals surface area contributed by atoms with E-state index < -0.39 is 11.8 Å². The van der Waals surface area contributed by atoms with E-state index in [1.807, 2.05) is 12.1 Å². The molecule has 3 aromatic rings. The van der Waals surface area contributed by atoms with E-state index in [4.69, 9.17) is 4.63 Å². The number of aliphatic imine (C=N–C) groups is 1. The van der Waals surface area contributed by atoms with Gasteiger partial charge in [-0.2, -0.15) is 10.4 Å². The quantitative estimate of drug-likeness (QED) is 0.714. The van der Waals surface area contributed by atoms with E-state index in [0.717, 1.165) is 11.1 Å². The van der Waals surface area contributed by atoms with Crippen LogP contribution in [0.2, 0.25) is 0 Å². The first-order chi connectivity index (χ1) is 10.8. The van der Waals surface area contributed by atoms with E-state index in [0.29, 0.717) is 23.1 Å². The Morgan fingerprint density at radius 2 is 2.23 bits per heavy atom. The zero-order valence-electron chi connectivity index (χ0n) is 11.1. The van der Waals surface area contributed by atoms with Crippen molar-refractivity contribution in [2.24, 2.45) is 10.9 Å². The van der Waals surface area contributed by atoms with E-state index >= 15 is 0 Å². The van der Waals surface area contributed by atoms with Crippen molar-refractivity contribution in [3.05, 3.63) is 35.5 Å². The molecule has 0 aliphatic carbocycles. The van der Waals surface area contributed by atoms with Crippen molar-refractivity contribution in [1.29, 1.82) is 5.26 Å². The van der Waals surface area contributed by atoms with Gasteiger partial charge in [0.05, 0.1) is 12.3 Å². The summed E-state index contributed by atoms with van der Waals surface area (Å²) in [5, 5.41) is 24.0. The Labute approximate surface area is 123 Å². The number of hydrogen-bond donors (Lipinski definition) is 1. The number of carbonyl (C=O) groups is 1. The highest BCUT2D eigenvalue weighted by Crippen LogP contribution is 2.42. The first kappa shape index (κ1) is 12.4. The van der Waals surface area contributed by atoms with Crippen molar-refractivity contribution >= 4 is 28.8 Å². The lowest BCUT2D eigenvalue weighted by Gasteiger charge is -2.24. The summed E-state index contributed by atoms with van der Waals surface area (Å²) in [6, 6.07) is 7.57. The third kappa shape index (κ3) is 1.59. The molecule has 106 valence electrons. The Morgan fingerprint density at radius 3 is 3.05 bits per heavy atom. The number of carbonyl (C=O) groups excluding carboxylic acids is 1. The van der Waals surface area contributed by atoms with E-state index in [1.54, 1.807) is 12.3 Å². The fraction of sp³-hybridized carbons (Fsp3) is 0.143. The number of nitrogens with zero attached hydrogens (tertiary/aromatic N) is 5. The molecule has 4 rings (SSSR count). The fourth-order valence-electron chi connectivity index (χ4n) is 2.82. The van der Waals surface area contributed by atoms with Crippen LogP contribution in [0.3, 0.4) is 0 Å². The van der Waals surface area contributed by atoms with Crippen LogP contribution in [0.1, 0.15) is 17.0 Å². The van der Waals surface area contributed by atoms with Gasteiger partial charge >= 0.3 is 0 Å². The molecule has 8 nitrogen and oxygen atoms in total. The molecule has 2 unspecified atom stereocenters. The fourth-order valence-corrected chi connectivity index (χ4v) is 2.82. The van der Waals surface area contributed by atoms with Crippen molar-refractivity contribution < 1.29 is 9.42 Å². The van der Waals surface area contributed by atoms with E-state index in [9.17, 15) is 10.1 Å². The summed E-state index contributed by atoms with van der Waals surface area (Å²) in [5.74, 6) is -0.649. The van der Waals surface area contributed by atoms with Gasteiger partial charge in [0.1, 0.15) is 22.7 Å². The maximum atomic E-state index is 11.3. The van der Waals surface area contributed by atoms with Crippen molar-refractivity contribution in [1.82, 2.24) is 20.5 Å². The summed E-state index contributed by atoms with van der Waals surface area (Å²) in [6.45, 7) is 0. The average Bonchev–Trinajstić information content (AvgIpc) is 3.20. The largest absolute Gasteiger partial charge is 0.296 e. The van der Waals surface area contributed by atoms with Gasteiger partial charge in [0.15, 0.2) is 12.1 Å². The number of fused-ring (bicyclic) bond motifs is 2. The van der Waals surface area contributed by atoms with Crippen LogP contribution in [-0.2, 0) is 4.79 Å². The van der Waals surface area contributed by atoms with E-state index in [-0.39, 0.29) is 5.71 Å². The average molecular weight is 292 g/mol. The molecule has 3 heterocycles. The Kier molecular flexibility index (Phi) is 2.59. The standard InChI is InChI=1S/C14H8N6O2/c15-4-8-11(6-21)17-14-9(5-16-18-14)12(8)7-2-1-3-10-13(7)20-22-19-10/h1-3,5-6,8,12H,(H,16,18). The lowest BCUT2D eigenvalue weighted by Crippen LogP contribution is -2.26. The minimum absolute atomic E-state index is 0.165. The van der Waals surface area contributed by atoms with E-state index in [2.05, 4.69) is 31.6 Å². The first-order valence-corrected chi connectivity index (χ1v) is 6.51. The zero-order chi connectivity index (χ0) is 15.1. The second-order valence-electron chi connectivity index (χ2n) is 4.89. The summed E-state index contributed by atoms with van der Waals surface area (Å²) in [4.78, 5) is 15.5. The molecule has 2 aromatic heterocycles. The van der Waals surface area contributed by atoms with Gasteiger partial charge in [-0.1, -0.05) is 12.1 Å². The highest BCUT2D eigenvalue weighted by molar-refractivity contribution is 6.31. The summed E-state index contributed by atoms with van der Waals surface area (Å²) in [5.41, 5.74) is 2.81. The van der Waals surface area contributed by atoms with Crippen molar-refractivity contribution in [3.63, 3.8) is 0 Å². The number of aldehydes is 1. The van der Waals surface area contributed by atoms with Crippen LogP contribution in [-0.4, -0.2) is 32.5 Å². The molecular formula is C14H8N6O2. The minimum Gasteiger partial charge on any atom is -0.296 e. The molecule has 22 heavy (non-hydrogen) atoms. The van der Waals surface area contributed by atoms with Gasteiger partial charge in [-0.05, 0) is 21.9 Å². The van der Waals surface area contributed by atoms with Gasteiger partial charge in [-0.15, -0.1) is 0 Å². The smallest absolute Gasteiger partial charge is 0.165 e. The number of H-pyrrole nitrogens is 1. The number of nitriles is 1. The topological polar surface area (TPSA) is 121 Å². The number of aromatic nitrogens is 4. The summed E-state index contributed by atoms with van der Waals surface area (Å²) >= 11 is 0. The molecule has 1 aromatic carbocycles. The van der Waals surface area contributed by atoms with Gasteiger partial charge in [-0.25, -0.2) is 9.62 Å². The van der Waals surface area contributed by atoms with Crippen molar-refractivity contribution in [3.8, 4) is 6.07 Å². The Hall–Kier alpha value is -3.34. The Bertz CT molecular complexity index is 948. The number of nitrogens with one attached hydrogen (secondary N) is 1. The van der Waals surface area contributed by atoms with Crippen LogP contribution in [0.25, 0.3) is 11.0 Å². The number of aromatic amines is 1. The van der Waals surface area contributed by atoms with Gasteiger partial charge in [-0.3, -0.25) is 9.89 Å². The van der Waals surface area contributed by atoms with Crippen LogP contribution >= 0.6 is 0 Å². The van der Waals surface area contributed by atoms with Crippen LogP contribution in [0.4, 0.5) is 5.82 Å². The molecule has 0 amide bonds. The van der Waals surface area contributed by atoms with Crippen molar-refractivity contribution in [2.45, 2.75) is 5.92 Å². The predicted octanol–water partition coefficient (Wildman–Crippen LogP) is 1.50. The molecule has 1 aliphatic rings. The Balaban J connectivity index is 2.00. The highest BCUT2D eigenvalue weighted by Gasteiger charge is 2.37. The third-order valence-electron chi connectivity index (χ3n) is 3.79. The van der Waals surface area contributed by atoms with Crippen LogP contribution in [0.15, 0.2) is 34.0 Å². The second-order valence-corrected chi connectivity index (χ2v) is 4.89. The van der Waals surface area contributed by atoms with Crippen LogP contribution < -0.4 is 0 Å². The Morgan fingerprint density at radius 1 is 1.32 bits per heavy atom. The molecule has 0 bridgehead atoms.